The predicted octanol–water partition coefficient (Wildman–Crippen LogP) is 0.0894. The third-order valence-corrected chi connectivity index (χ3v) is 2.32. The lowest BCUT2D eigenvalue weighted by atomic mass is 10.2. The number of aromatic carboxylic acids is 1. The van der Waals surface area contributed by atoms with E-state index in [1.807, 2.05) is 0 Å². The number of nitrogens with zero attached hydrogens (tertiary/aromatic N) is 1. The zero-order valence-electron chi connectivity index (χ0n) is 8.21. The molecular weight excluding hydrogens is 210 g/mol. The Morgan fingerprint density at radius 1 is 1.31 bits per heavy atom. The molecule has 2 rings (SSSR count). The number of hydrogen-bond donors (Lipinski definition) is 1. The lowest BCUT2D eigenvalue weighted by Gasteiger charge is -2.08. The van der Waals surface area contributed by atoms with Crippen LogP contribution in [0.5, 0.6) is 0 Å². The van der Waals surface area contributed by atoms with Crippen molar-refractivity contribution in [2.75, 3.05) is 0 Å². The Bertz CT molecular complexity index is 570. The summed E-state index contributed by atoms with van der Waals surface area (Å²) in [6.07, 6.45) is 0. The minimum absolute atomic E-state index is 0.0506. The maximum Gasteiger partial charge on any atom is 0.352 e. The first-order chi connectivity index (χ1) is 7.59. The van der Waals surface area contributed by atoms with Gasteiger partial charge in [0.15, 0.2) is 0 Å². The molecule has 0 aliphatic rings. The van der Waals surface area contributed by atoms with Crippen molar-refractivity contribution < 1.29 is 19.8 Å². The van der Waals surface area contributed by atoms with E-state index >= 15 is 0 Å². The van der Waals surface area contributed by atoms with E-state index in [0.29, 0.717) is 10.9 Å². The summed E-state index contributed by atoms with van der Waals surface area (Å²) in [5, 5.41) is 20.2. The van der Waals surface area contributed by atoms with Gasteiger partial charge in [-0.2, -0.15) is 0 Å². The summed E-state index contributed by atoms with van der Waals surface area (Å²) in [6.45, 7) is -0.463. The van der Waals surface area contributed by atoms with Crippen molar-refractivity contribution in [3.05, 3.63) is 36.0 Å². The van der Waals surface area contributed by atoms with Gasteiger partial charge in [-0.1, -0.05) is 18.2 Å². The summed E-state index contributed by atoms with van der Waals surface area (Å²) < 4.78 is 1.22. The number of fused-ring (bicyclic) bond motifs is 1. The number of benzene rings is 1. The van der Waals surface area contributed by atoms with Gasteiger partial charge in [0.05, 0.1) is 12.5 Å². The third-order valence-electron chi connectivity index (χ3n) is 2.32. The second-order valence-corrected chi connectivity index (χ2v) is 3.35. The quantitative estimate of drug-likeness (QED) is 0.791. The normalized spacial score (nSPS) is 10.5. The summed E-state index contributed by atoms with van der Waals surface area (Å²) in [5.41, 5.74) is 0.523. The fraction of sp³-hybridized carbons (Fsp3) is 0.0909. The van der Waals surface area contributed by atoms with Gasteiger partial charge < -0.3 is 19.6 Å². The SMILES string of the molecule is O=C([O-])Cn1c(C(=O)O)cc2ccccc21. The van der Waals surface area contributed by atoms with Gasteiger partial charge in [0, 0.05) is 10.9 Å². The van der Waals surface area contributed by atoms with Crippen LogP contribution in [0.1, 0.15) is 10.5 Å². The highest BCUT2D eigenvalue weighted by atomic mass is 16.4. The monoisotopic (exact) mass is 218 g/mol. The number of aromatic nitrogens is 1. The summed E-state index contributed by atoms with van der Waals surface area (Å²) in [4.78, 5) is 21.5. The van der Waals surface area contributed by atoms with E-state index in [1.165, 1.54) is 10.6 Å². The van der Waals surface area contributed by atoms with Gasteiger partial charge in [-0.15, -0.1) is 0 Å². The fourth-order valence-electron chi connectivity index (χ4n) is 1.69. The molecule has 16 heavy (non-hydrogen) atoms. The van der Waals surface area contributed by atoms with Crippen molar-refractivity contribution in [1.29, 1.82) is 0 Å². The number of rotatable bonds is 3. The molecule has 0 aliphatic heterocycles. The van der Waals surface area contributed by atoms with Gasteiger partial charge in [-0.3, -0.25) is 0 Å². The first-order valence-electron chi connectivity index (χ1n) is 4.61. The molecule has 1 heterocycles. The first kappa shape index (κ1) is 10.2. The van der Waals surface area contributed by atoms with E-state index in [0.717, 1.165) is 0 Å². The van der Waals surface area contributed by atoms with Crippen LogP contribution in [0.2, 0.25) is 0 Å². The van der Waals surface area contributed by atoms with Crippen LogP contribution in [0.25, 0.3) is 10.9 Å². The maximum atomic E-state index is 10.9. The molecule has 1 N–H and O–H groups in total. The standard InChI is InChI=1S/C11H9NO4/c13-10(14)6-12-8-4-2-1-3-7(8)5-9(12)11(15)16/h1-5H,6H2,(H,13,14)(H,15,16)/p-1. The second-order valence-electron chi connectivity index (χ2n) is 3.35. The number of carbonyl (C=O) groups excluding carboxylic acids is 1. The Labute approximate surface area is 90.5 Å². The Hall–Kier alpha value is -2.30. The van der Waals surface area contributed by atoms with Crippen molar-refractivity contribution >= 4 is 22.8 Å². The number of carbonyl (C=O) groups is 2. The zero-order valence-corrected chi connectivity index (χ0v) is 8.21. The minimum Gasteiger partial charge on any atom is -0.548 e. The zero-order chi connectivity index (χ0) is 11.7. The van der Waals surface area contributed by atoms with Crippen LogP contribution >= 0.6 is 0 Å². The van der Waals surface area contributed by atoms with E-state index in [4.69, 9.17) is 5.11 Å². The fourth-order valence-corrected chi connectivity index (χ4v) is 1.69. The number of aliphatic carboxylic acids is 1. The molecule has 0 saturated heterocycles. The van der Waals surface area contributed by atoms with Gasteiger partial charge in [-0.05, 0) is 12.1 Å². The lowest BCUT2D eigenvalue weighted by molar-refractivity contribution is -0.306. The number of hydrogen-bond acceptors (Lipinski definition) is 3. The van der Waals surface area contributed by atoms with E-state index in [1.54, 1.807) is 24.3 Å². The summed E-state index contributed by atoms with van der Waals surface area (Å²) in [6, 6.07) is 8.33. The van der Waals surface area contributed by atoms with Gasteiger partial charge in [0.25, 0.3) is 0 Å². The molecule has 0 atom stereocenters. The predicted molar refractivity (Wildman–Crippen MR) is 53.9 cm³/mol. The van der Waals surface area contributed by atoms with Gasteiger partial charge >= 0.3 is 5.97 Å². The molecule has 0 radical (unpaired) electrons. The molecule has 0 saturated carbocycles. The van der Waals surface area contributed by atoms with Crippen LogP contribution in [-0.2, 0) is 11.3 Å². The third kappa shape index (κ3) is 1.63. The summed E-state index contributed by atoms with van der Waals surface area (Å²) >= 11 is 0. The van der Waals surface area contributed by atoms with Crippen molar-refractivity contribution in [3.63, 3.8) is 0 Å². The van der Waals surface area contributed by atoms with Crippen LogP contribution in [0.15, 0.2) is 30.3 Å². The molecule has 82 valence electrons. The number of para-hydroxylation sites is 1. The van der Waals surface area contributed by atoms with Crippen molar-refractivity contribution in [2.24, 2.45) is 0 Å². The average Bonchev–Trinajstić information content (AvgIpc) is 2.57. The Morgan fingerprint density at radius 2 is 2.00 bits per heavy atom. The largest absolute Gasteiger partial charge is 0.548 e. The topological polar surface area (TPSA) is 82.4 Å². The molecule has 5 heteroatoms. The van der Waals surface area contributed by atoms with Crippen LogP contribution in [-0.4, -0.2) is 21.6 Å². The van der Waals surface area contributed by atoms with Gasteiger partial charge in [-0.25, -0.2) is 4.79 Å². The van der Waals surface area contributed by atoms with E-state index in [9.17, 15) is 14.7 Å². The van der Waals surface area contributed by atoms with Crippen LogP contribution in [0.3, 0.4) is 0 Å². The van der Waals surface area contributed by atoms with Gasteiger partial charge in [0.1, 0.15) is 5.69 Å². The summed E-state index contributed by atoms with van der Waals surface area (Å²) in [7, 11) is 0. The first-order valence-corrected chi connectivity index (χ1v) is 4.61. The lowest BCUT2D eigenvalue weighted by Crippen LogP contribution is -2.28. The molecule has 0 aliphatic carbocycles. The van der Waals surface area contributed by atoms with Gasteiger partial charge in [0.2, 0.25) is 0 Å². The van der Waals surface area contributed by atoms with E-state index < -0.39 is 18.5 Å². The van der Waals surface area contributed by atoms with Crippen molar-refractivity contribution in [3.8, 4) is 0 Å². The molecule has 1 aromatic carbocycles. The van der Waals surface area contributed by atoms with Crippen LogP contribution in [0.4, 0.5) is 0 Å². The molecule has 0 fully saturated rings. The highest BCUT2D eigenvalue weighted by molar-refractivity contribution is 5.95. The minimum atomic E-state index is -1.32. The molecule has 0 amide bonds. The molecule has 2 aromatic rings. The van der Waals surface area contributed by atoms with Crippen LogP contribution < -0.4 is 5.11 Å². The highest BCUT2D eigenvalue weighted by Crippen LogP contribution is 2.19. The Morgan fingerprint density at radius 3 is 2.62 bits per heavy atom. The van der Waals surface area contributed by atoms with Crippen LogP contribution in [0, 0.1) is 0 Å². The van der Waals surface area contributed by atoms with E-state index in [-0.39, 0.29) is 5.69 Å². The Balaban J connectivity index is 2.69. The van der Waals surface area contributed by atoms with Crippen molar-refractivity contribution in [1.82, 2.24) is 4.57 Å². The smallest absolute Gasteiger partial charge is 0.352 e. The molecule has 5 nitrogen and oxygen atoms in total. The molecule has 0 bridgehead atoms. The maximum absolute atomic E-state index is 10.9. The Kier molecular flexibility index (Phi) is 2.36. The molecule has 1 aromatic heterocycles. The van der Waals surface area contributed by atoms with Crippen molar-refractivity contribution in [2.45, 2.75) is 6.54 Å². The molecular formula is C11H8NO4-. The second kappa shape index (κ2) is 3.69. The average molecular weight is 218 g/mol. The number of carboxylic acids is 2. The molecule has 0 unspecified atom stereocenters. The van der Waals surface area contributed by atoms with E-state index in [2.05, 4.69) is 0 Å². The summed E-state index contributed by atoms with van der Waals surface area (Å²) in [5.74, 6) is -2.47. The number of carboxylic acid groups (broad SMARTS) is 2. The molecule has 0 spiro atoms. The highest BCUT2D eigenvalue weighted by Gasteiger charge is 2.13.